The van der Waals surface area contributed by atoms with Gasteiger partial charge in [0.15, 0.2) is 0 Å². The van der Waals surface area contributed by atoms with E-state index in [1.165, 1.54) is 23.5 Å². The molecule has 0 fully saturated rings. The van der Waals surface area contributed by atoms with E-state index >= 15 is 0 Å². The number of nitrogens with one attached hydrogen (secondary N) is 1. The van der Waals surface area contributed by atoms with E-state index in [2.05, 4.69) is 10.3 Å². The summed E-state index contributed by atoms with van der Waals surface area (Å²) < 4.78 is 38.4. The summed E-state index contributed by atoms with van der Waals surface area (Å²) in [6.07, 6.45) is -2.59. The number of hydrogen-bond acceptors (Lipinski definition) is 3. The molecule has 0 aliphatic carbocycles. The Morgan fingerprint density at radius 3 is 2.68 bits per heavy atom. The lowest BCUT2D eigenvalue weighted by Crippen LogP contribution is -2.20. The molecule has 2 rings (SSSR count). The van der Waals surface area contributed by atoms with Gasteiger partial charge in [-0.05, 0) is 18.6 Å². The average Bonchev–Trinajstić information content (AvgIpc) is 2.89. The summed E-state index contributed by atoms with van der Waals surface area (Å²) in [4.78, 5) is 4.96. The van der Waals surface area contributed by atoms with E-state index < -0.39 is 11.7 Å². The summed E-state index contributed by atoms with van der Waals surface area (Å²) in [5.74, 6) is 0. The first-order valence-electron chi connectivity index (χ1n) is 5.75. The van der Waals surface area contributed by atoms with Crippen LogP contribution < -0.4 is 5.32 Å². The van der Waals surface area contributed by atoms with Gasteiger partial charge in [-0.3, -0.25) is 4.98 Å². The maximum atomic E-state index is 12.8. The SMILES string of the molecule is CC(NCc1ccccc1C(F)(F)F)c1cncs1. The van der Waals surface area contributed by atoms with Crippen molar-refractivity contribution in [1.82, 2.24) is 10.3 Å². The van der Waals surface area contributed by atoms with E-state index in [1.54, 1.807) is 17.8 Å². The molecule has 1 heterocycles. The van der Waals surface area contributed by atoms with Crippen LogP contribution in [0.5, 0.6) is 0 Å². The molecule has 0 saturated heterocycles. The molecule has 0 spiro atoms. The number of thiazole rings is 1. The number of hydrogen-bond donors (Lipinski definition) is 1. The van der Waals surface area contributed by atoms with E-state index in [0.29, 0.717) is 0 Å². The van der Waals surface area contributed by atoms with Crippen LogP contribution in [-0.4, -0.2) is 4.98 Å². The van der Waals surface area contributed by atoms with Gasteiger partial charge in [0.25, 0.3) is 0 Å². The van der Waals surface area contributed by atoms with Crippen LogP contribution in [-0.2, 0) is 12.7 Å². The van der Waals surface area contributed by atoms with E-state index in [9.17, 15) is 13.2 Å². The first-order chi connectivity index (χ1) is 8.98. The summed E-state index contributed by atoms with van der Waals surface area (Å²) in [6, 6.07) is 5.60. The lowest BCUT2D eigenvalue weighted by atomic mass is 10.1. The molecule has 1 unspecified atom stereocenters. The van der Waals surface area contributed by atoms with Crippen LogP contribution in [0.15, 0.2) is 36.0 Å². The van der Waals surface area contributed by atoms with Crippen LogP contribution >= 0.6 is 11.3 Å². The summed E-state index contributed by atoms with van der Waals surface area (Å²) >= 11 is 1.48. The fraction of sp³-hybridized carbons (Fsp3) is 0.308. The molecule has 1 aromatic heterocycles. The molecule has 2 aromatic rings. The highest BCUT2D eigenvalue weighted by Gasteiger charge is 2.32. The second-order valence-corrected chi connectivity index (χ2v) is 5.08. The van der Waals surface area contributed by atoms with Crippen LogP contribution in [0.3, 0.4) is 0 Å². The monoisotopic (exact) mass is 286 g/mol. The molecular weight excluding hydrogens is 273 g/mol. The predicted molar refractivity (Wildman–Crippen MR) is 68.8 cm³/mol. The zero-order valence-corrected chi connectivity index (χ0v) is 11.1. The molecule has 0 bridgehead atoms. The molecular formula is C13H13F3N2S. The van der Waals surface area contributed by atoms with E-state index in [0.717, 1.165) is 10.9 Å². The summed E-state index contributed by atoms with van der Waals surface area (Å²) in [5, 5.41) is 3.08. The molecule has 2 nitrogen and oxygen atoms in total. The number of aromatic nitrogens is 1. The third kappa shape index (κ3) is 3.54. The zero-order chi connectivity index (χ0) is 13.9. The topological polar surface area (TPSA) is 24.9 Å². The van der Waals surface area contributed by atoms with Crippen molar-refractivity contribution in [3.8, 4) is 0 Å². The average molecular weight is 286 g/mol. The van der Waals surface area contributed by atoms with Gasteiger partial charge in [0.2, 0.25) is 0 Å². The van der Waals surface area contributed by atoms with E-state index in [1.807, 2.05) is 6.92 Å². The smallest absolute Gasteiger partial charge is 0.305 e. The number of benzene rings is 1. The van der Waals surface area contributed by atoms with Gasteiger partial charge in [-0.25, -0.2) is 0 Å². The molecule has 1 N–H and O–H groups in total. The minimum atomic E-state index is -4.31. The third-order valence-corrected chi connectivity index (χ3v) is 3.76. The van der Waals surface area contributed by atoms with Crippen molar-refractivity contribution in [2.24, 2.45) is 0 Å². The summed E-state index contributed by atoms with van der Waals surface area (Å²) in [6.45, 7) is 2.08. The first-order valence-corrected chi connectivity index (χ1v) is 6.63. The largest absolute Gasteiger partial charge is 0.416 e. The normalized spacial score (nSPS) is 13.5. The molecule has 0 amide bonds. The molecule has 19 heavy (non-hydrogen) atoms. The van der Waals surface area contributed by atoms with Crippen molar-refractivity contribution >= 4 is 11.3 Å². The molecule has 1 atom stereocenters. The summed E-state index contributed by atoms with van der Waals surface area (Å²) in [7, 11) is 0. The minimum absolute atomic E-state index is 0.0196. The second-order valence-electron chi connectivity index (χ2n) is 4.16. The Balaban J connectivity index is 2.08. The Bertz CT molecular complexity index is 523. The summed E-state index contributed by atoms with van der Waals surface area (Å²) in [5.41, 5.74) is 1.38. The van der Waals surface area contributed by atoms with Crippen LogP contribution in [0.4, 0.5) is 13.2 Å². The Morgan fingerprint density at radius 2 is 2.05 bits per heavy atom. The fourth-order valence-corrected chi connectivity index (χ4v) is 2.41. The Kier molecular flexibility index (Phi) is 4.21. The van der Waals surface area contributed by atoms with Gasteiger partial charge < -0.3 is 5.32 Å². The van der Waals surface area contributed by atoms with Crippen molar-refractivity contribution in [3.05, 3.63) is 52.0 Å². The van der Waals surface area contributed by atoms with Crippen LogP contribution in [0.2, 0.25) is 0 Å². The van der Waals surface area contributed by atoms with Gasteiger partial charge in [0.1, 0.15) is 0 Å². The molecule has 6 heteroatoms. The van der Waals surface area contributed by atoms with E-state index in [-0.39, 0.29) is 18.2 Å². The Morgan fingerprint density at radius 1 is 1.32 bits per heavy atom. The highest BCUT2D eigenvalue weighted by atomic mass is 32.1. The highest BCUT2D eigenvalue weighted by Crippen LogP contribution is 2.32. The van der Waals surface area contributed by atoms with Crippen LogP contribution in [0.25, 0.3) is 0 Å². The molecule has 0 radical (unpaired) electrons. The molecule has 1 aromatic carbocycles. The number of nitrogens with zero attached hydrogens (tertiary/aromatic N) is 1. The van der Waals surface area contributed by atoms with Crippen molar-refractivity contribution in [2.75, 3.05) is 0 Å². The van der Waals surface area contributed by atoms with Gasteiger partial charge in [0, 0.05) is 23.7 Å². The van der Waals surface area contributed by atoms with Crippen molar-refractivity contribution in [1.29, 1.82) is 0 Å². The number of halogens is 3. The van der Waals surface area contributed by atoms with Crippen LogP contribution in [0, 0.1) is 0 Å². The number of alkyl halides is 3. The van der Waals surface area contributed by atoms with Crippen molar-refractivity contribution in [3.63, 3.8) is 0 Å². The van der Waals surface area contributed by atoms with Crippen LogP contribution in [0.1, 0.15) is 29.0 Å². The molecule has 0 aliphatic heterocycles. The van der Waals surface area contributed by atoms with Gasteiger partial charge in [-0.1, -0.05) is 18.2 Å². The predicted octanol–water partition coefficient (Wildman–Crippen LogP) is 4.01. The van der Waals surface area contributed by atoms with Gasteiger partial charge in [-0.15, -0.1) is 11.3 Å². The van der Waals surface area contributed by atoms with Crippen molar-refractivity contribution < 1.29 is 13.2 Å². The highest BCUT2D eigenvalue weighted by molar-refractivity contribution is 7.09. The maximum absolute atomic E-state index is 12.8. The fourth-order valence-electron chi connectivity index (χ4n) is 1.75. The van der Waals surface area contributed by atoms with Gasteiger partial charge in [0.05, 0.1) is 11.1 Å². The second kappa shape index (κ2) is 5.71. The molecule has 0 aliphatic rings. The first kappa shape index (κ1) is 14.0. The third-order valence-electron chi connectivity index (χ3n) is 2.80. The maximum Gasteiger partial charge on any atom is 0.416 e. The number of rotatable bonds is 4. The Labute approximate surface area is 113 Å². The Hall–Kier alpha value is -1.40. The minimum Gasteiger partial charge on any atom is -0.305 e. The quantitative estimate of drug-likeness (QED) is 0.918. The van der Waals surface area contributed by atoms with Crippen molar-refractivity contribution in [2.45, 2.75) is 25.7 Å². The lowest BCUT2D eigenvalue weighted by molar-refractivity contribution is -0.138. The standard InChI is InChI=1S/C13H13F3N2S/c1-9(12-7-17-8-19-12)18-6-10-4-2-3-5-11(10)13(14,15)16/h2-5,7-9,18H,6H2,1H3. The van der Waals surface area contributed by atoms with E-state index in [4.69, 9.17) is 0 Å². The van der Waals surface area contributed by atoms with Gasteiger partial charge in [-0.2, -0.15) is 13.2 Å². The van der Waals surface area contributed by atoms with Gasteiger partial charge >= 0.3 is 6.18 Å². The molecule has 102 valence electrons. The lowest BCUT2D eigenvalue weighted by Gasteiger charge is -2.16. The molecule has 0 saturated carbocycles. The zero-order valence-electron chi connectivity index (χ0n) is 10.2.